The third-order valence-corrected chi connectivity index (χ3v) is 4.97. The molecule has 3 N–H and O–H groups in total. The number of amides is 1. The van der Waals surface area contributed by atoms with Crippen LogP contribution in [0.2, 0.25) is 0 Å². The van der Waals surface area contributed by atoms with Gasteiger partial charge in [-0.3, -0.25) is 4.79 Å². The normalized spacial score (nSPS) is 10.8. The molecule has 21 heavy (non-hydrogen) atoms. The molecule has 1 aromatic carbocycles. The van der Waals surface area contributed by atoms with E-state index in [1.165, 1.54) is 11.3 Å². The van der Waals surface area contributed by atoms with Crippen molar-refractivity contribution < 1.29 is 4.79 Å². The Balaban J connectivity index is 2.01. The Labute approximate surface area is 134 Å². The molecule has 0 saturated carbocycles. The van der Waals surface area contributed by atoms with Crippen molar-refractivity contribution in [3.05, 3.63) is 51.4 Å². The number of para-hydroxylation sites is 1. The van der Waals surface area contributed by atoms with E-state index in [1.807, 2.05) is 37.3 Å². The highest BCUT2D eigenvalue weighted by Gasteiger charge is 2.18. The molecule has 2 aromatic heterocycles. The van der Waals surface area contributed by atoms with Crippen molar-refractivity contribution in [2.45, 2.75) is 6.92 Å². The van der Waals surface area contributed by atoms with Crippen LogP contribution in [0.4, 0.5) is 11.4 Å². The second kappa shape index (κ2) is 5.46. The van der Waals surface area contributed by atoms with Gasteiger partial charge in [-0.05, 0) is 46.6 Å². The van der Waals surface area contributed by atoms with Gasteiger partial charge in [0.25, 0.3) is 5.91 Å². The lowest BCUT2D eigenvalue weighted by Gasteiger charge is -2.06. The van der Waals surface area contributed by atoms with E-state index in [-0.39, 0.29) is 5.91 Å². The molecule has 0 unspecified atom stereocenters. The molecule has 106 valence electrons. The number of benzene rings is 1. The highest BCUT2D eigenvalue weighted by Crippen LogP contribution is 2.35. The number of nitrogens with zero attached hydrogens (tertiary/aromatic N) is 1. The van der Waals surface area contributed by atoms with Crippen LogP contribution >= 0.6 is 27.3 Å². The maximum absolute atomic E-state index is 12.4. The predicted octanol–water partition coefficient (Wildman–Crippen LogP) is 4.20. The molecule has 3 rings (SSSR count). The van der Waals surface area contributed by atoms with Crippen LogP contribution in [-0.4, -0.2) is 10.9 Å². The number of nitrogen functional groups attached to an aromatic ring is 1. The van der Waals surface area contributed by atoms with Crippen LogP contribution in [0.3, 0.4) is 0 Å². The number of carbonyl (C=O) groups is 1. The van der Waals surface area contributed by atoms with Gasteiger partial charge in [0.1, 0.15) is 9.71 Å². The van der Waals surface area contributed by atoms with E-state index in [4.69, 9.17) is 5.73 Å². The lowest BCUT2D eigenvalue weighted by atomic mass is 10.1. The molecular formula is C15H12BrN3OS. The van der Waals surface area contributed by atoms with Crippen LogP contribution in [0, 0.1) is 6.92 Å². The van der Waals surface area contributed by atoms with Crippen molar-refractivity contribution in [2.75, 3.05) is 11.1 Å². The molecule has 0 aliphatic rings. The number of rotatable bonds is 2. The summed E-state index contributed by atoms with van der Waals surface area (Å²) in [4.78, 5) is 18.0. The topological polar surface area (TPSA) is 68.0 Å². The van der Waals surface area contributed by atoms with Crippen molar-refractivity contribution >= 4 is 54.8 Å². The molecule has 1 amide bonds. The summed E-state index contributed by atoms with van der Waals surface area (Å²) in [5.74, 6) is -0.221. The lowest BCUT2D eigenvalue weighted by molar-refractivity contribution is 0.103. The first-order valence-corrected chi connectivity index (χ1v) is 7.88. The Morgan fingerprint density at radius 1 is 1.33 bits per heavy atom. The zero-order chi connectivity index (χ0) is 15.0. The molecule has 3 aromatic rings. The van der Waals surface area contributed by atoms with Crippen molar-refractivity contribution in [3.63, 3.8) is 0 Å². The third kappa shape index (κ3) is 2.52. The van der Waals surface area contributed by atoms with Crippen LogP contribution in [0.15, 0.2) is 41.0 Å². The molecule has 2 heterocycles. The number of carbonyl (C=O) groups excluding carboxylic acids is 1. The summed E-state index contributed by atoms with van der Waals surface area (Å²) < 4.78 is 0.826. The minimum Gasteiger partial charge on any atom is -0.397 e. The molecule has 0 bridgehead atoms. The zero-order valence-corrected chi connectivity index (χ0v) is 13.6. The number of hydrogen-bond donors (Lipinski definition) is 2. The molecule has 0 fully saturated rings. The second-order valence-corrected chi connectivity index (χ2v) is 6.44. The number of thiophene rings is 1. The number of pyridine rings is 1. The van der Waals surface area contributed by atoms with Crippen molar-refractivity contribution in [3.8, 4) is 0 Å². The summed E-state index contributed by atoms with van der Waals surface area (Å²) in [6, 6.07) is 9.34. The van der Waals surface area contributed by atoms with Crippen LogP contribution in [-0.2, 0) is 0 Å². The minimum absolute atomic E-state index is 0.221. The maximum atomic E-state index is 12.4. The fourth-order valence-corrected chi connectivity index (χ4v) is 3.53. The van der Waals surface area contributed by atoms with Gasteiger partial charge in [0, 0.05) is 16.1 Å². The average Bonchev–Trinajstić information content (AvgIpc) is 2.80. The van der Waals surface area contributed by atoms with Crippen molar-refractivity contribution in [1.29, 1.82) is 0 Å². The molecular weight excluding hydrogens is 350 g/mol. The van der Waals surface area contributed by atoms with Gasteiger partial charge in [0.15, 0.2) is 0 Å². The van der Waals surface area contributed by atoms with E-state index in [9.17, 15) is 4.79 Å². The van der Waals surface area contributed by atoms with Crippen LogP contribution in [0.25, 0.3) is 10.2 Å². The average molecular weight is 362 g/mol. The fourth-order valence-electron chi connectivity index (χ4n) is 2.11. The van der Waals surface area contributed by atoms with Crippen molar-refractivity contribution in [2.24, 2.45) is 0 Å². The summed E-state index contributed by atoms with van der Waals surface area (Å²) in [5.41, 5.74) is 8.36. The van der Waals surface area contributed by atoms with Crippen molar-refractivity contribution in [1.82, 2.24) is 4.98 Å². The quantitative estimate of drug-likeness (QED) is 0.718. The summed E-state index contributed by atoms with van der Waals surface area (Å²) in [7, 11) is 0. The van der Waals surface area contributed by atoms with E-state index >= 15 is 0 Å². The molecule has 4 nitrogen and oxygen atoms in total. The monoisotopic (exact) mass is 361 g/mol. The summed E-state index contributed by atoms with van der Waals surface area (Å²) in [6.07, 6.45) is 1.73. The number of nitrogens with two attached hydrogens (primary N) is 1. The van der Waals surface area contributed by atoms with Crippen LogP contribution < -0.4 is 11.1 Å². The van der Waals surface area contributed by atoms with Crippen LogP contribution in [0.1, 0.15) is 15.2 Å². The largest absolute Gasteiger partial charge is 0.397 e. The van der Waals surface area contributed by atoms with Gasteiger partial charge in [-0.25, -0.2) is 4.98 Å². The zero-order valence-electron chi connectivity index (χ0n) is 11.2. The molecule has 0 aliphatic carbocycles. The molecule has 0 atom stereocenters. The number of aromatic nitrogens is 1. The highest BCUT2D eigenvalue weighted by atomic mass is 79.9. The minimum atomic E-state index is -0.221. The SMILES string of the molecule is Cc1ccnc2sc(C(=O)Nc3ccccc3Br)c(N)c12. The first kappa shape index (κ1) is 14.0. The number of fused-ring (bicyclic) bond motifs is 1. The number of hydrogen-bond acceptors (Lipinski definition) is 4. The third-order valence-electron chi connectivity index (χ3n) is 3.17. The lowest BCUT2D eigenvalue weighted by Crippen LogP contribution is -2.12. The van der Waals surface area contributed by atoms with E-state index in [1.54, 1.807) is 6.20 Å². The standard InChI is InChI=1S/C15H12BrN3OS/c1-8-6-7-18-15-11(8)12(17)13(21-15)14(20)19-10-5-3-2-4-9(10)16/h2-7H,17H2,1H3,(H,19,20). The first-order valence-electron chi connectivity index (χ1n) is 6.27. The summed E-state index contributed by atoms with van der Waals surface area (Å²) in [6.45, 7) is 1.96. The second-order valence-electron chi connectivity index (χ2n) is 4.59. The van der Waals surface area contributed by atoms with Crippen LogP contribution in [0.5, 0.6) is 0 Å². The first-order chi connectivity index (χ1) is 10.1. The van der Waals surface area contributed by atoms with Gasteiger partial charge in [0.2, 0.25) is 0 Å². The number of aryl methyl sites for hydroxylation is 1. The number of anilines is 2. The van der Waals surface area contributed by atoms with Gasteiger partial charge in [-0.2, -0.15) is 0 Å². The molecule has 0 saturated heterocycles. The summed E-state index contributed by atoms with van der Waals surface area (Å²) >= 11 is 4.72. The Bertz CT molecular complexity index is 844. The maximum Gasteiger partial charge on any atom is 0.267 e. The molecule has 6 heteroatoms. The number of halogens is 1. The van der Waals surface area contributed by atoms with Gasteiger partial charge in [-0.1, -0.05) is 12.1 Å². The smallest absolute Gasteiger partial charge is 0.267 e. The Hall–Kier alpha value is -1.92. The predicted molar refractivity (Wildman–Crippen MR) is 90.9 cm³/mol. The molecule has 0 aliphatic heterocycles. The Kier molecular flexibility index (Phi) is 3.65. The fraction of sp³-hybridized carbons (Fsp3) is 0.0667. The van der Waals surface area contributed by atoms with Gasteiger partial charge in [0.05, 0.1) is 11.4 Å². The van der Waals surface area contributed by atoms with E-state index < -0.39 is 0 Å². The summed E-state index contributed by atoms with van der Waals surface area (Å²) in [5, 5.41) is 3.73. The molecule has 0 radical (unpaired) electrons. The Morgan fingerprint density at radius 2 is 2.10 bits per heavy atom. The number of nitrogens with one attached hydrogen (secondary N) is 1. The van der Waals surface area contributed by atoms with Gasteiger partial charge >= 0.3 is 0 Å². The van der Waals surface area contributed by atoms with Gasteiger partial charge < -0.3 is 11.1 Å². The highest BCUT2D eigenvalue weighted by molar-refractivity contribution is 9.10. The van der Waals surface area contributed by atoms with E-state index in [0.717, 1.165) is 20.3 Å². The van der Waals surface area contributed by atoms with E-state index in [2.05, 4.69) is 26.2 Å². The van der Waals surface area contributed by atoms with E-state index in [0.29, 0.717) is 16.3 Å². The van der Waals surface area contributed by atoms with Gasteiger partial charge in [-0.15, -0.1) is 11.3 Å². The Morgan fingerprint density at radius 3 is 2.81 bits per heavy atom. The molecule has 0 spiro atoms.